The number of carboxylic acid groups (broad SMARTS) is 1. The summed E-state index contributed by atoms with van der Waals surface area (Å²) in [5, 5.41) is 11.7. The number of aliphatic carboxylic acids is 1. The highest BCUT2D eigenvalue weighted by atomic mass is 79.9. The van der Waals surface area contributed by atoms with E-state index in [1.807, 2.05) is 6.92 Å². The molecule has 1 aromatic carbocycles. The molecule has 4 nitrogen and oxygen atoms in total. The molecule has 0 aromatic heterocycles. The SMILES string of the molecule is CCCC(Nc1ccc(OC(F)(F)F)c(Br)c1)C(=O)O. The number of ether oxygens (including phenoxy) is 1. The van der Waals surface area contributed by atoms with Crippen LogP contribution < -0.4 is 10.1 Å². The van der Waals surface area contributed by atoms with Crippen molar-refractivity contribution in [3.8, 4) is 5.75 Å². The van der Waals surface area contributed by atoms with Crippen molar-refractivity contribution in [3.63, 3.8) is 0 Å². The largest absolute Gasteiger partial charge is 0.573 e. The van der Waals surface area contributed by atoms with Crippen molar-refractivity contribution in [2.75, 3.05) is 5.32 Å². The van der Waals surface area contributed by atoms with E-state index >= 15 is 0 Å². The van der Waals surface area contributed by atoms with E-state index in [-0.39, 0.29) is 10.2 Å². The highest BCUT2D eigenvalue weighted by molar-refractivity contribution is 9.10. The van der Waals surface area contributed by atoms with Gasteiger partial charge in [-0.25, -0.2) is 4.79 Å². The van der Waals surface area contributed by atoms with Gasteiger partial charge in [-0.1, -0.05) is 13.3 Å². The maximum absolute atomic E-state index is 12.1. The van der Waals surface area contributed by atoms with Gasteiger partial charge >= 0.3 is 12.3 Å². The number of carbonyl (C=O) groups is 1. The van der Waals surface area contributed by atoms with Crippen LogP contribution in [0.1, 0.15) is 19.8 Å². The third-order valence-corrected chi connectivity index (χ3v) is 2.99. The summed E-state index contributed by atoms with van der Waals surface area (Å²) in [4.78, 5) is 11.0. The van der Waals surface area contributed by atoms with E-state index in [2.05, 4.69) is 26.0 Å². The Hall–Kier alpha value is -1.44. The monoisotopic (exact) mass is 355 g/mol. The molecule has 0 bridgehead atoms. The van der Waals surface area contributed by atoms with Crippen LogP contribution in [0, 0.1) is 0 Å². The van der Waals surface area contributed by atoms with Gasteiger partial charge < -0.3 is 15.2 Å². The van der Waals surface area contributed by atoms with Crippen LogP contribution in [0.25, 0.3) is 0 Å². The summed E-state index contributed by atoms with van der Waals surface area (Å²) in [7, 11) is 0. The molecule has 0 aliphatic carbocycles. The van der Waals surface area contributed by atoms with E-state index in [1.54, 1.807) is 0 Å². The van der Waals surface area contributed by atoms with Crippen molar-refractivity contribution in [3.05, 3.63) is 22.7 Å². The summed E-state index contributed by atoms with van der Waals surface area (Å²) in [6.07, 6.45) is -3.70. The molecule has 0 saturated carbocycles. The maximum atomic E-state index is 12.1. The summed E-state index contributed by atoms with van der Waals surface area (Å²) >= 11 is 2.95. The quantitative estimate of drug-likeness (QED) is 0.809. The van der Waals surface area contributed by atoms with E-state index in [9.17, 15) is 18.0 Å². The van der Waals surface area contributed by atoms with Gasteiger partial charge in [-0.05, 0) is 40.5 Å². The molecule has 0 heterocycles. The zero-order chi connectivity index (χ0) is 15.3. The van der Waals surface area contributed by atoms with Gasteiger partial charge in [0.05, 0.1) is 4.47 Å². The number of hydrogen-bond acceptors (Lipinski definition) is 3. The molecule has 1 rings (SSSR count). The molecule has 0 aliphatic heterocycles. The van der Waals surface area contributed by atoms with E-state index in [0.717, 1.165) is 6.07 Å². The third kappa shape index (κ3) is 5.28. The second-order valence-corrected chi connectivity index (χ2v) is 4.87. The molecule has 0 fully saturated rings. The van der Waals surface area contributed by atoms with Crippen LogP contribution in [0.5, 0.6) is 5.75 Å². The summed E-state index contributed by atoms with van der Waals surface area (Å²) in [5.41, 5.74) is 0.396. The van der Waals surface area contributed by atoms with Crippen molar-refractivity contribution in [2.24, 2.45) is 0 Å². The lowest BCUT2D eigenvalue weighted by Crippen LogP contribution is -2.28. The summed E-state index contributed by atoms with van der Waals surface area (Å²) in [6.45, 7) is 1.84. The molecule has 0 amide bonds. The Kier molecular flexibility index (Phi) is 5.67. The molecular weight excluding hydrogens is 343 g/mol. The van der Waals surface area contributed by atoms with Gasteiger partial charge in [0.2, 0.25) is 0 Å². The lowest BCUT2D eigenvalue weighted by atomic mass is 10.1. The molecular formula is C12H13BrF3NO3. The molecule has 0 saturated heterocycles. The standard InChI is InChI=1S/C12H13BrF3NO3/c1-2-3-9(11(18)19)17-7-4-5-10(8(13)6-7)20-12(14,15)16/h4-6,9,17H,2-3H2,1H3,(H,18,19). The predicted octanol–water partition coefficient (Wildman–Crippen LogP) is 4.01. The van der Waals surface area contributed by atoms with Crippen LogP contribution in [0.3, 0.4) is 0 Å². The Morgan fingerprint density at radius 2 is 2.15 bits per heavy atom. The molecule has 0 spiro atoms. The molecule has 0 radical (unpaired) electrons. The predicted molar refractivity (Wildman–Crippen MR) is 70.8 cm³/mol. The fourth-order valence-electron chi connectivity index (χ4n) is 1.55. The number of rotatable bonds is 6. The van der Waals surface area contributed by atoms with E-state index in [1.165, 1.54) is 12.1 Å². The Morgan fingerprint density at radius 1 is 1.50 bits per heavy atom. The first kappa shape index (κ1) is 16.6. The number of halogens is 4. The third-order valence-electron chi connectivity index (χ3n) is 2.37. The molecule has 1 unspecified atom stereocenters. The molecule has 8 heteroatoms. The van der Waals surface area contributed by atoms with Crippen molar-refractivity contribution in [1.82, 2.24) is 0 Å². The average molecular weight is 356 g/mol. The average Bonchev–Trinajstić information content (AvgIpc) is 2.30. The second kappa shape index (κ2) is 6.83. The van der Waals surface area contributed by atoms with Gasteiger partial charge in [0.1, 0.15) is 11.8 Å². The van der Waals surface area contributed by atoms with Gasteiger partial charge in [0.25, 0.3) is 0 Å². The summed E-state index contributed by atoms with van der Waals surface area (Å²) in [5.74, 6) is -1.40. The summed E-state index contributed by atoms with van der Waals surface area (Å²) in [6, 6.07) is 3.00. The van der Waals surface area contributed by atoms with Crippen molar-refractivity contribution >= 4 is 27.6 Å². The van der Waals surface area contributed by atoms with Gasteiger partial charge in [-0.15, -0.1) is 13.2 Å². The van der Waals surface area contributed by atoms with Crippen LogP contribution in [-0.2, 0) is 4.79 Å². The normalized spacial score (nSPS) is 12.8. The van der Waals surface area contributed by atoms with E-state index < -0.39 is 18.4 Å². The fraction of sp³-hybridized carbons (Fsp3) is 0.417. The molecule has 20 heavy (non-hydrogen) atoms. The first-order valence-electron chi connectivity index (χ1n) is 5.77. The van der Waals surface area contributed by atoms with Crippen LogP contribution in [0.4, 0.5) is 18.9 Å². The Labute approximate surface area is 122 Å². The Balaban J connectivity index is 2.83. The van der Waals surface area contributed by atoms with Crippen LogP contribution in [-0.4, -0.2) is 23.5 Å². The van der Waals surface area contributed by atoms with Crippen molar-refractivity contribution in [1.29, 1.82) is 0 Å². The molecule has 0 aliphatic rings. The Morgan fingerprint density at radius 3 is 2.60 bits per heavy atom. The van der Waals surface area contributed by atoms with Crippen LogP contribution in [0.15, 0.2) is 22.7 Å². The topological polar surface area (TPSA) is 58.6 Å². The minimum atomic E-state index is -4.77. The lowest BCUT2D eigenvalue weighted by molar-refractivity contribution is -0.274. The molecule has 2 N–H and O–H groups in total. The maximum Gasteiger partial charge on any atom is 0.573 e. The van der Waals surface area contributed by atoms with Crippen molar-refractivity contribution in [2.45, 2.75) is 32.2 Å². The molecule has 1 aromatic rings. The molecule has 1 atom stereocenters. The zero-order valence-corrected chi connectivity index (χ0v) is 12.1. The number of nitrogens with one attached hydrogen (secondary N) is 1. The number of anilines is 1. The smallest absolute Gasteiger partial charge is 0.480 e. The minimum absolute atomic E-state index is 0.0838. The highest BCUT2D eigenvalue weighted by Gasteiger charge is 2.32. The first-order chi connectivity index (χ1) is 9.23. The molecule has 112 valence electrons. The fourth-order valence-corrected chi connectivity index (χ4v) is 2.01. The number of hydrogen-bond donors (Lipinski definition) is 2. The number of carboxylic acids is 1. The minimum Gasteiger partial charge on any atom is -0.480 e. The highest BCUT2D eigenvalue weighted by Crippen LogP contribution is 2.32. The first-order valence-corrected chi connectivity index (χ1v) is 6.57. The van der Waals surface area contributed by atoms with E-state index in [0.29, 0.717) is 18.5 Å². The zero-order valence-electron chi connectivity index (χ0n) is 10.5. The Bertz CT molecular complexity index is 480. The van der Waals surface area contributed by atoms with Gasteiger partial charge in [0, 0.05) is 5.69 Å². The van der Waals surface area contributed by atoms with Crippen LogP contribution in [0.2, 0.25) is 0 Å². The second-order valence-electron chi connectivity index (χ2n) is 4.02. The van der Waals surface area contributed by atoms with Crippen LogP contribution >= 0.6 is 15.9 Å². The van der Waals surface area contributed by atoms with Gasteiger partial charge in [0.15, 0.2) is 0 Å². The number of benzene rings is 1. The van der Waals surface area contributed by atoms with Gasteiger partial charge in [-0.3, -0.25) is 0 Å². The lowest BCUT2D eigenvalue weighted by Gasteiger charge is -2.16. The number of alkyl halides is 3. The van der Waals surface area contributed by atoms with Crippen molar-refractivity contribution < 1.29 is 27.8 Å². The van der Waals surface area contributed by atoms with E-state index in [4.69, 9.17) is 5.11 Å². The van der Waals surface area contributed by atoms with Gasteiger partial charge in [-0.2, -0.15) is 0 Å². The summed E-state index contributed by atoms with van der Waals surface area (Å²) < 4.78 is 40.2.